The van der Waals surface area contributed by atoms with E-state index in [1.807, 2.05) is 41.4 Å². The van der Waals surface area contributed by atoms with Crippen molar-refractivity contribution in [3.63, 3.8) is 0 Å². The molecule has 0 bridgehead atoms. The molecule has 0 radical (unpaired) electrons. The lowest BCUT2D eigenvalue weighted by Gasteiger charge is -2.37. The number of fused-ring (bicyclic) bond motifs is 3. The standard InChI is InChI=1S/C20H15BrN2O2S/c21-12-7-8-18-14(10-12)16-11-15(13-4-1-2-5-17(13)24)22-23(16)20(25-18)19-6-3-9-26-19/h1-10,16,20,24H,11H2/t16-,20-/m1/s1. The van der Waals surface area contributed by atoms with E-state index < -0.39 is 0 Å². The van der Waals surface area contributed by atoms with Gasteiger partial charge in [-0.3, -0.25) is 0 Å². The predicted octanol–water partition coefficient (Wildman–Crippen LogP) is 5.46. The molecule has 2 aromatic carbocycles. The Kier molecular flexibility index (Phi) is 3.76. The number of hydrazone groups is 1. The highest BCUT2D eigenvalue weighted by molar-refractivity contribution is 9.10. The SMILES string of the molecule is Oc1ccccc1C1=NN2[C@H](C1)c1cc(Br)ccc1O[C@@H]2c1cccs1. The topological polar surface area (TPSA) is 45.1 Å². The fourth-order valence-corrected chi connectivity index (χ4v) is 4.68. The first-order valence-electron chi connectivity index (χ1n) is 8.34. The van der Waals surface area contributed by atoms with Crippen molar-refractivity contribution < 1.29 is 9.84 Å². The molecule has 3 heterocycles. The minimum atomic E-state index is -0.253. The zero-order chi connectivity index (χ0) is 17.7. The number of hydrogen-bond acceptors (Lipinski definition) is 5. The molecular weight excluding hydrogens is 412 g/mol. The number of phenols is 1. The highest BCUT2D eigenvalue weighted by Gasteiger charge is 2.41. The van der Waals surface area contributed by atoms with Gasteiger partial charge in [-0.05, 0) is 41.8 Å². The van der Waals surface area contributed by atoms with Crippen LogP contribution < -0.4 is 4.74 Å². The molecule has 2 aliphatic heterocycles. The minimum absolute atomic E-state index is 0.0814. The van der Waals surface area contributed by atoms with Gasteiger partial charge in [-0.25, -0.2) is 5.01 Å². The quantitative estimate of drug-likeness (QED) is 0.591. The van der Waals surface area contributed by atoms with Gasteiger partial charge in [0.15, 0.2) is 0 Å². The van der Waals surface area contributed by atoms with Crippen molar-refractivity contribution in [3.05, 3.63) is 80.5 Å². The van der Waals surface area contributed by atoms with Gasteiger partial charge in [0.25, 0.3) is 0 Å². The van der Waals surface area contributed by atoms with Gasteiger partial charge in [-0.1, -0.05) is 34.1 Å². The fourth-order valence-electron chi connectivity index (χ4n) is 3.56. The summed E-state index contributed by atoms with van der Waals surface area (Å²) in [6, 6.07) is 17.7. The van der Waals surface area contributed by atoms with Gasteiger partial charge < -0.3 is 9.84 Å². The van der Waals surface area contributed by atoms with Gasteiger partial charge in [0, 0.05) is 22.0 Å². The second kappa shape index (κ2) is 6.14. The smallest absolute Gasteiger partial charge is 0.222 e. The average molecular weight is 427 g/mol. The number of rotatable bonds is 2. The number of ether oxygens (including phenoxy) is 1. The third-order valence-corrected chi connectivity index (χ3v) is 6.15. The van der Waals surface area contributed by atoms with Crippen molar-refractivity contribution in [3.8, 4) is 11.5 Å². The summed E-state index contributed by atoms with van der Waals surface area (Å²) in [4.78, 5) is 1.12. The lowest BCUT2D eigenvalue weighted by molar-refractivity contribution is -0.0166. The zero-order valence-electron chi connectivity index (χ0n) is 13.7. The third kappa shape index (κ3) is 2.52. The zero-order valence-corrected chi connectivity index (χ0v) is 16.1. The van der Waals surface area contributed by atoms with E-state index in [-0.39, 0.29) is 18.0 Å². The first kappa shape index (κ1) is 15.9. The summed E-state index contributed by atoms with van der Waals surface area (Å²) >= 11 is 5.23. The van der Waals surface area contributed by atoms with Gasteiger partial charge >= 0.3 is 0 Å². The number of phenolic OH excluding ortho intramolecular Hbond substituents is 1. The fraction of sp³-hybridized carbons (Fsp3) is 0.150. The Morgan fingerprint density at radius 3 is 2.85 bits per heavy atom. The number of benzene rings is 2. The van der Waals surface area contributed by atoms with Gasteiger partial charge in [-0.15, -0.1) is 11.3 Å². The van der Waals surface area contributed by atoms with Gasteiger partial charge in [-0.2, -0.15) is 5.10 Å². The molecule has 0 unspecified atom stereocenters. The molecule has 2 atom stereocenters. The Labute approximate surface area is 163 Å². The van der Waals surface area contributed by atoms with Crippen LogP contribution >= 0.6 is 27.3 Å². The molecule has 6 heteroatoms. The maximum Gasteiger partial charge on any atom is 0.222 e. The number of halogens is 1. The first-order valence-corrected chi connectivity index (χ1v) is 10.0. The van der Waals surface area contributed by atoms with Crippen molar-refractivity contribution >= 4 is 33.0 Å². The van der Waals surface area contributed by atoms with E-state index in [2.05, 4.69) is 33.4 Å². The lowest BCUT2D eigenvalue weighted by Crippen LogP contribution is -2.33. The van der Waals surface area contributed by atoms with E-state index in [9.17, 15) is 5.11 Å². The van der Waals surface area contributed by atoms with Gasteiger partial charge in [0.1, 0.15) is 11.5 Å². The second-order valence-corrected chi connectivity index (χ2v) is 8.23. The maximum absolute atomic E-state index is 10.3. The summed E-state index contributed by atoms with van der Waals surface area (Å²) in [5.41, 5.74) is 2.77. The largest absolute Gasteiger partial charge is 0.507 e. The van der Waals surface area contributed by atoms with Crippen LogP contribution in [0, 0.1) is 0 Å². The van der Waals surface area contributed by atoms with E-state index >= 15 is 0 Å². The summed E-state index contributed by atoms with van der Waals surface area (Å²) in [5.74, 6) is 1.15. The van der Waals surface area contributed by atoms with E-state index in [1.54, 1.807) is 17.4 Å². The Hall–Kier alpha value is -2.31. The van der Waals surface area contributed by atoms with Crippen LogP contribution in [0.2, 0.25) is 0 Å². The number of thiophene rings is 1. The molecular formula is C20H15BrN2O2S. The molecule has 4 nitrogen and oxygen atoms in total. The van der Waals surface area contributed by atoms with Gasteiger partial charge in [0.2, 0.25) is 6.23 Å². The number of hydrogen-bond donors (Lipinski definition) is 1. The Balaban J connectivity index is 1.62. The number of aromatic hydroxyl groups is 1. The van der Waals surface area contributed by atoms with Crippen LogP contribution in [0.25, 0.3) is 0 Å². The van der Waals surface area contributed by atoms with Crippen LogP contribution in [0.4, 0.5) is 0 Å². The molecule has 0 saturated heterocycles. The van der Waals surface area contributed by atoms with Crippen LogP contribution in [-0.4, -0.2) is 15.8 Å². The number of para-hydroxylation sites is 1. The highest BCUT2D eigenvalue weighted by Crippen LogP contribution is 2.49. The normalized spacial score (nSPS) is 21.0. The monoisotopic (exact) mass is 426 g/mol. The molecule has 0 saturated carbocycles. The molecule has 1 N–H and O–H groups in total. The minimum Gasteiger partial charge on any atom is -0.507 e. The van der Waals surface area contributed by atoms with Crippen LogP contribution in [0.15, 0.2) is 69.6 Å². The van der Waals surface area contributed by atoms with E-state index in [1.165, 1.54) is 0 Å². The molecule has 0 aliphatic carbocycles. The molecule has 130 valence electrons. The molecule has 0 spiro atoms. The molecule has 0 amide bonds. The van der Waals surface area contributed by atoms with Crippen LogP contribution in [0.3, 0.4) is 0 Å². The second-order valence-electron chi connectivity index (χ2n) is 6.33. The molecule has 0 fully saturated rings. The van der Waals surface area contributed by atoms with Crippen molar-refractivity contribution in [2.45, 2.75) is 18.7 Å². The molecule has 3 aromatic rings. The molecule has 26 heavy (non-hydrogen) atoms. The van der Waals surface area contributed by atoms with Crippen molar-refractivity contribution in [1.82, 2.24) is 5.01 Å². The van der Waals surface area contributed by atoms with Crippen molar-refractivity contribution in [2.24, 2.45) is 5.10 Å². The van der Waals surface area contributed by atoms with Crippen molar-refractivity contribution in [1.29, 1.82) is 0 Å². The molecule has 2 aliphatic rings. The summed E-state index contributed by atoms with van der Waals surface area (Å²) < 4.78 is 7.32. The summed E-state index contributed by atoms with van der Waals surface area (Å²) in [6.07, 6.45) is 0.476. The summed E-state index contributed by atoms with van der Waals surface area (Å²) in [6.45, 7) is 0. The maximum atomic E-state index is 10.3. The van der Waals surface area contributed by atoms with E-state index in [0.29, 0.717) is 0 Å². The highest BCUT2D eigenvalue weighted by atomic mass is 79.9. The Morgan fingerprint density at radius 2 is 2.04 bits per heavy atom. The average Bonchev–Trinajstić information content (AvgIpc) is 3.32. The van der Waals surface area contributed by atoms with Gasteiger partial charge in [0.05, 0.1) is 16.6 Å². The molecule has 1 aromatic heterocycles. The van der Waals surface area contributed by atoms with E-state index in [0.717, 1.165) is 38.4 Å². The Bertz CT molecular complexity index is 1000. The van der Waals surface area contributed by atoms with Crippen LogP contribution in [0.5, 0.6) is 11.5 Å². The summed E-state index contributed by atoms with van der Waals surface area (Å²) in [5, 5.41) is 19.2. The Morgan fingerprint density at radius 1 is 1.15 bits per heavy atom. The third-order valence-electron chi connectivity index (χ3n) is 4.75. The first-order chi connectivity index (χ1) is 12.7. The van der Waals surface area contributed by atoms with Crippen LogP contribution in [0.1, 0.15) is 34.7 Å². The number of nitrogens with zero attached hydrogens (tertiary/aromatic N) is 2. The lowest BCUT2D eigenvalue weighted by atomic mass is 9.96. The van der Waals surface area contributed by atoms with Crippen molar-refractivity contribution in [2.75, 3.05) is 0 Å². The van der Waals surface area contributed by atoms with E-state index in [4.69, 9.17) is 9.84 Å². The predicted molar refractivity (Wildman–Crippen MR) is 106 cm³/mol. The summed E-state index contributed by atoms with van der Waals surface area (Å²) in [7, 11) is 0. The molecule has 5 rings (SSSR count). The van der Waals surface area contributed by atoms with Crippen LogP contribution in [-0.2, 0) is 0 Å².